The third-order valence-electron chi connectivity index (χ3n) is 2.91. The van der Waals surface area contributed by atoms with Gasteiger partial charge in [0.1, 0.15) is 12.4 Å². The maximum atomic E-state index is 11.2. The Balaban J connectivity index is 2.05. The summed E-state index contributed by atoms with van der Waals surface area (Å²) in [5.74, 6) is 0.532. The molecule has 0 amide bonds. The topological polar surface area (TPSA) is 44.1 Å². The van der Waals surface area contributed by atoms with Crippen LogP contribution in [0.25, 0.3) is 0 Å². The summed E-state index contributed by atoms with van der Waals surface area (Å²) in [5.41, 5.74) is 1.41. The van der Waals surface area contributed by atoms with Gasteiger partial charge in [0, 0.05) is 17.8 Å². The molecule has 1 heterocycles. The van der Waals surface area contributed by atoms with Crippen molar-refractivity contribution < 1.29 is 9.53 Å². The fraction of sp³-hybridized carbons (Fsp3) is 0.333. The minimum Gasteiger partial charge on any atom is -0.486 e. The molecule has 0 aliphatic heterocycles. The van der Waals surface area contributed by atoms with Crippen molar-refractivity contribution >= 4 is 17.4 Å². The molecule has 0 aliphatic carbocycles. The van der Waals surface area contributed by atoms with Crippen molar-refractivity contribution in [1.82, 2.24) is 9.78 Å². The van der Waals surface area contributed by atoms with E-state index in [4.69, 9.17) is 16.3 Å². The second-order valence-corrected chi connectivity index (χ2v) is 5.28. The predicted octanol–water partition coefficient (Wildman–Crippen LogP) is 3.90. The Hall–Kier alpha value is -1.81. The molecule has 20 heavy (non-hydrogen) atoms. The van der Waals surface area contributed by atoms with E-state index in [0.717, 1.165) is 5.69 Å². The predicted molar refractivity (Wildman–Crippen MR) is 78.4 cm³/mol. The minimum absolute atomic E-state index is 0.0193. The average molecular weight is 293 g/mol. The monoisotopic (exact) mass is 292 g/mol. The molecule has 0 spiro atoms. The Morgan fingerprint density at radius 1 is 1.40 bits per heavy atom. The maximum absolute atomic E-state index is 11.2. The van der Waals surface area contributed by atoms with Crippen molar-refractivity contribution in [2.75, 3.05) is 0 Å². The molecule has 2 rings (SSSR count). The zero-order chi connectivity index (χ0) is 14.7. The summed E-state index contributed by atoms with van der Waals surface area (Å²) in [6.45, 7) is 5.98. The lowest BCUT2D eigenvalue weighted by atomic mass is 10.1. The SMILES string of the molecule is CC(=O)c1ccc(OCc2ccn(C(C)C)n2)c(Cl)c1. The van der Waals surface area contributed by atoms with Crippen molar-refractivity contribution in [3.8, 4) is 5.75 Å². The van der Waals surface area contributed by atoms with Crippen molar-refractivity contribution in [3.05, 3.63) is 46.7 Å². The first kappa shape index (κ1) is 14.6. The van der Waals surface area contributed by atoms with Gasteiger partial charge in [0.15, 0.2) is 5.78 Å². The Morgan fingerprint density at radius 2 is 2.15 bits per heavy atom. The summed E-state index contributed by atoms with van der Waals surface area (Å²) >= 11 is 6.09. The summed E-state index contributed by atoms with van der Waals surface area (Å²) in [6.07, 6.45) is 1.92. The number of halogens is 1. The van der Waals surface area contributed by atoms with E-state index in [1.807, 2.05) is 16.9 Å². The summed E-state index contributed by atoms with van der Waals surface area (Å²) < 4.78 is 7.51. The third kappa shape index (κ3) is 3.39. The number of carbonyl (C=O) groups excluding carboxylic acids is 1. The molecular weight excluding hydrogens is 276 g/mol. The Morgan fingerprint density at radius 3 is 2.70 bits per heavy atom. The second-order valence-electron chi connectivity index (χ2n) is 4.87. The molecule has 0 radical (unpaired) electrons. The molecule has 0 saturated carbocycles. The van der Waals surface area contributed by atoms with Crippen LogP contribution in [0.5, 0.6) is 5.75 Å². The number of aromatic nitrogens is 2. The highest BCUT2D eigenvalue weighted by atomic mass is 35.5. The van der Waals surface area contributed by atoms with E-state index in [2.05, 4.69) is 18.9 Å². The molecule has 0 bridgehead atoms. The van der Waals surface area contributed by atoms with Crippen LogP contribution >= 0.6 is 11.6 Å². The van der Waals surface area contributed by atoms with Crippen LogP contribution in [0.15, 0.2) is 30.5 Å². The van der Waals surface area contributed by atoms with Crippen LogP contribution < -0.4 is 4.74 Å². The Kier molecular flexibility index (Phi) is 4.45. The highest BCUT2D eigenvalue weighted by molar-refractivity contribution is 6.32. The van der Waals surface area contributed by atoms with E-state index in [1.165, 1.54) is 6.92 Å². The highest BCUT2D eigenvalue weighted by Crippen LogP contribution is 2.26. The molecule has 2 aromatic rings. The van der Waals surface area contributed by atoms with Gasteiger partial charge in [-0.15, -0.1) is 0 Å². The summed E-state index contributed by atoms with van der Waals surface area (Å²) in [7, 11) is 0. The van der Waals surface area contributed by atoms with Gasteiger partial charge in [-0.3, -0.25) is 9.48 Å². The molecule has 0 unspecified atom stereocenters. The van der Waals surface area contributed by atoms with Gasteiger partial charge in [0.25, 0.3) is 0 Å². The smallest absolute Gasteiger partial charge is 0.159 e. The highest BCUT2D eigenvalue weighted by Gasteiger charge is 2.08. The molecule has 0 aliphatic rings. The summed E-state index contributed by atoms with van der Waals surface area (Å²) in [4.78, 5) is 11.2. The zero-order valence-electron chi connectivity index (χ0n) is 11.8. The van der Waals surface area contributed by atoms with Crippen LogP contribution in [0.3, 0.4) is 0 Å². The molecule has 106 valence electrons. The van der Waals surface area contributed by atoms with E-state index >= 15 is 0 Å². The van der Waals surface area contributed by atoms with Gasteiger partial charge >= 0.3 is 0 Å². The van der Waals surface area contributed by atoms with E-state index in [1.54, 1.807) is 18.2 Å². The van der Waals surface area contributed by atoms with Crippen molar-refractivity contribution in [3.63, 3.8) is 0 Å². The van der Waals surface area contributed by atoms with Crippen LogP contribution in [0, 0.1) is 0 Å². The average Bonchev–Trinajstić information content (AvgIpc) is 2.86. The van der Waals surface area contributed by atoms with E-state index in [9.17, 15) is 4.79 Å². The molecule has 1 aromatic heterocycles. The largest absolute Gasteiger partial charge is 0.486 e. The first-order valence-corrected chi connectivity index (χ1v) is 6.82. The number of hydrogen-bond donors (Lipinski definition) is 0. The number of ketones is 1. The number of benzene rings is 1. The van der Waals surface area contributed by atoms with Crippen LogP contribution in [0.4, 0.5) is 0 Å². The van der Waals surface area contributed by atoms with Crippen molar-refractivity contribution in [2.45, 2.75) is 33.4 Å². The molecule has 0 atom stereocenters. The molecule has 5 heteroatoms. The van der Waals surface area contributed by atoms with Gasteiger partial charge in [0.2, 0.25) is 0 Å². The fourth-order valence-corrected chi connectivity index (χ4v) is 1.97. The molecular formula is C15H17ClN2O2. The third-order valence-corrected chi connectivity index (χ3v) is 3.20. The number of ether oxygens (including phenoxy) is 1. The van der Waals surface area contributed by atoms with Gasteiger partial charge in [-0.1, -0.05) is 11.6 Å². The first-order valence-electron chi connectivity index (χ1n) is 6.44. The van der Waals surface area contributed by atoms with E-state index < -0.39 is 0 Å². The first-order chi connectivity index (χ1) is 9.47. The zero-order valence-corrected chi connectivity index (χ0v) is 12.5. The lowest BCUT2D eigenvalue weighted by molar-refractivity contribution is 0.101. The van der Waals surface area contributed by atoms with Crippen LogP contribution in [0.2, 0.25) is 5.02 Å². The number of hydrogen-bond acceptors (Lipinski definition) is 3. The maximum Gasteiger partial charge on any atom is 0.159 e. The second kappa shape index (κ2) is 6.09. The number of Topliss-reactive ketones (excluding diaryl/α,β-unsaturated/α-hetero) is 1. The van der Waals surface area contributed by atoms with E-state index in [0.29, 0.717) is 29.0 Å². The van der Waals surface area contributed by atoms with Gasteiger partial charge in [-0.2, -0.15) is 5.10 Å². The quantitative estimate of drug-likeness (QED) is 0.785. The van der Waals surface area contributed by atoms with Crippen LogP contribution in [0.1, 0.15) is 42.9 Å². The van der Waals surface area contributed by atoms with Gasteiger partial charge in [-0.05, 0) is 45.0 Å². The normalized spacial score (nSPS) is 10.8. The standard InChI is InChI=1S/C15H17ClN2O2/c1-10(2)18-7-6-13(17-18)9-20-15-5-4-12(11(3)19)8-14(15)16/h4-8,10H,9H2,1-3H3. The lowest BCUT2D eigenvalue weighted by Gasteiger charge is -2.08. The van der Waals surface area contributed by atoms with Crippen molar-refractivity contribution in [2.24, 2.45) is 0 Å². The molecule has 4 nitrogen and oxygen atoms in total. The molecule has 1 aromatic carbocycles. The number of nitrogens with zero attached hydrogens (tertiary/aromatic N) is 2. The van der Waals surface area contributed by atoms with E-state index in [-0.39, 0.29) is 5.78 Å². The Bertz CT molecular complexity index is 620. The minimum atomic E-state index is -0.0193. The van der Waals surface area contributed by atoms with Gasteiger partial charge in [0.05, 0.1) is 10.7 Å². The van der Waals surface area contributed by atoms with Gasteiger partial charge < -0.3 is 4.74 Å². The molecule has 0 saturated heterocycles. The number of rotatable bonds is 5. The van der Waals surface area contributed by atoms with Crippen molar-refractivity contribution in [1.29, 1.82) is 0 Å². The Labute approximate surface area is 123 Å². The fourth-order valence-electron chi connectivity index (χ4n) is 1.73. The summed E-state index contributed by atoms with van der Waals surface area (Å²) in [5, 5.41) is 4.83. The van der Waals surface area contributed by atoms with Crippen LogP contribution in [-0.4, -0.2) is 15.6 Å². The van der Waals surface area contributed by atoms with Gasteiger partial charge in [-0.25, -0.2) is 0 Å². The lowest BCUT2D eigenvalue weighted by Crippen LogP contribution is -2.03. The summed E-state index contributed by atoms with van der Waals surface area (Å²) in [6, 6.07) is 7.26. The number of carbonyl (C=O) groups is 1. The van der Waals surface area contributed by atoms with Crippen LogP contribution in [-0.2, 0) is 6.61 Å². The molecule has 0 fully saturated rings. The molecule has 0 N–H and O–H groups in total.